The second-order valence-corrected chi connectivity index (χ2v) is 4.94. The van der Waals surface area contributed by atoms with Crippen molar-refractivity contribution in [3.63, 3.8) is 0 Å². The van der Waals surface area contributed by atoms with Crippen LogP contribution in [0.25, 0.3) is 11.3 Å². The highest BCUT2D eigenvalue weighted by molar-refractivity contribution is 5.95. The number of hydrogen-bond acceptors (Lipinski definition) is 3. The van der Waals surface area contributed by atoms with Crippen molar-refractivity contribution in [2.24, 2.45) is 7.05 Å². The molecule has 0 unspecified atom stereocenters. The van der Waals surface area contributed by atoms with Gasteiger partial charge in [-0.2, -0.15) is 10.2 Å². The van der Waals surface area contributed by atoms with Crippen molar-refractivity contribution >= 4 is 5.97 Å². The third-order valence-corrected chi connectivity index (χ3v) is 3.24. The molecule has 102 valence electrons. The maximum absolute atomic E-state index is 11.4. The van der Waals surface area contributed by atoms with Crippen LogP contribution in [0.4, 0.5) is 0 Å². The minimum atomic E-state index is -0.968. The molecule has 0 atom stereocenters. The van der Waals surface area contributed by atoms with Crippen molar-refractivity contribution in [1.29, 1.82) is 0 Å². The molecule has 6 nitrogen and oxygen atoms in total. The van der Waals surface area contributed by atoms with Gasteiger partial charge in [0.15, 0.2) is 0 Å². The zero-order chi connectivity index (χ0) is 14.3. The van der Waals surface area contributed by atoms with E-state index in [9.17, 15) is 9.90 Å². The second-order valence-electron chi connectivity index (χ2n) is 4.94. The summed E-state index contributed by atoms with van der Waals surface area (Å²) >= 11 is 0. The number of aromatic carboxylic acids is 1. The average Bonchev–Trinajstić information content (AvgIpc) is 2.82. The highest BCUT2D eigenvalue weighted by Crippen LogP contribution is 2.29. The molecule has 0 aliphatic rings. The van der Waals surface area contributed by atoms with Gasteiger partial charge < -0.3 is 5.11 Å². The standard InChI is InChI=1S/C13H18N4O2/c1-7(2)17-6-10(13(18)19)12(15-17)11-8(3)14-16(5)9(11)4/h6-7H,1-5H3,(H,18,19). The molecule has 0 saturated heterocycles. The minimum Gasteiger partial charge on any atom is -0.478 e. The Morgan fingerprint density at radius 1 is 1.32 bits per heavy atom. The molecule has 0 amide bonds. The number of carbonyl (C=O) groups is 1. The topological polar surface area (TPSA) is 72.9 Å². The molecule has 0 radical (unpaired) electrons. The van der Waals surface area contributed by atoms with E-state index in [2.05, 4.69) is 10.2 Å². The first-order chi connectivity index (χ1) is 8.82. The first-order valence-corrected chi connectivity index (χ1v) is 6.16. The number of rotatable bonds is 3. The quantitative estimate of drug-likeness (QED) is 0.920. The Morgan fingerprint density at radius 3 is 2.37 bits per heavy atom. The van der Waals surface area contributed by atoms with E-state index in [-0.39, 0.29) is 11.6 Å². The van der Waals surface area contributed by atoms with Gasteiger partial charge in [0.1, 0.15) is 11.3 Å². The van der Waals surface area contributed by atoms with Gasteiger partial charge in [0.2, 0.25) is 0 Å². The van der Waals surface area contributed by atoms with E-state index < -0.39 is 5.97 Å². The Kier molecular flexibility index (Phi) is 3.18. The normalized spacial score (nSPS) is 11.3. The van der Waals surface area contributed by atoms with Gasteiger partial charge in [0.25, 0.3) is 0 Å². The second kappa shape index (κ2) is 4.53. The molecule has 0 saturated carbocycles. The van der Waals surface area contributed by atoms with Crippen LogP contribution in [0, 0.1) is 13.8 Å². The first kappa shape index (κ1) is 13.3. The van der Waals surface area contributed by atoms with Gasteiger partial charge >= 0.3 is 5.97 Å². The Hall–Kier alpha value is -2.11. The fraction of sp³-hybridized carbons (Fsp3) is 0.462. The number of aryl methyl sites for hydroxylation is 2. The van der Waals surface area contributed by atoms with Crippen LogP contribution < -0.4 is 0 Å². The lowest BCUT2D eigenvalue weighted by atomic mass is 10.1. The SMILES string of the molecule is Cc1nn(C)c(C)c1-c1nn(C(C)C)cc1C(=O)O. The van der Waals surface area contributed by atoms with Crippen LogP contribution in [0.3, 0.4) is 0 Å². The minimum absolute atomic E-state index is 0.115. The highest BCUT2D eigenvalue weighted by Gasteiger charge is 2.23. The monoisotopic (exact) mass is 262 g/mol. The maximum atomic E-state index is 11.4. The predicted molar refractivity (Wildman–Crippen MR) is 71.2 cm³/mol. The van der Waals surface area contributed by atoms with Crippen LogP contribution in [-0.2, 0) is 7.05 Å². The fourth-order valence-corrected chi connectivity index (χ4v) is 2.11. The molecule has 19 heavy (non-hydrogen) atoms. The van der Waals surface area contributed by atoms with Crippen LogP contribution >= 0.6 is 0 Å². The van der Waals surface area contributed by atoms with E-state index in [1.165, 1.54) is 0 Å². The van der Waals surface area contributed by atoms with Gasteiger partial charge in [-0.1, -0.05) is 0 Å². The zero-order valence-electron chi connectivity index (χ0n) is 11.8. The van der Waals surface area contributed by atoms with Crippen LogP contribution in [0.15, 0.2) is 6.20 Å². The van der Waals surface area contributed by atoms with E-state index >= 15 is 0 Å². The summed E-state index contributed by atoms with van der Waals surface area (Å²) in [6.45, 7) is 7.70. The molecule has 2 heterocycles. The van der Waals surface area contributed by atoms with Gasteiger partial charge in [-0.05, 0) is 27.7 Å². The molecule has 6 heteroatoms. The summed E-state index contributed by atoms with van der Waals surface area (Å²) in [5.74, 6) is -0.968. The van der Waals surface area contributed by atoms with Crippen molar-refractivity contribution in [3.8, 4) is 11.3 Å². The molecule has 0 aliphatic carbocycles. The largest absolute Gasteiger partial charge is 0.478 e. The van der Waals surface area contributed by atoms with Crippen LogP contribution in [0.1, 0.15) is 41.6 Å². The number of nitrogens with zero attached hydrogens (tertiary/aromatic N) is 4. The van der Waals surface area contributed by atoms with Crippen molar-refractivity contribution in [2.75, 3.05) is 0 Å². The van der Waals surface area contributed by atoms with E-state index in [1.807, 2.05) is 34.7 Å². The Morgan fingerprint density at radius 2 is 1.95 bits per heavy atom. The molecular formula is C13H18N4O2. The van der Waals surface area contributed by atoms with Gasteiger partial charge in [-0.3, -0.25) is 9.36 Å². The van der Waals surface area contributed by atoms with Crippen molar-refractivity contribution in [3.05, 3.63) is 23.1 Å². The lowest BCUT2D eigenvalue weighted by molar-refractivity contribution is 0.0697. The molecule has 0 aromatic carbocycles. The molecule has 2 aromatic rings. The molecule has 1 N–H and O–H groups in total. The summed E-state index contributed by atoms with van der Waals surface area (Å²) in [4.78, 5) is 11.4. The lowest BCUT2D eigenvalue weighted by Crippen LogP contribution is -2.01. The number of aromatic nitrogens is 4. The van der Waals surface area contributed by atoms with E-state index in [0.717, 1.165) is 17.0 Å². The smallest absolute Gasteiger partial charge is 0.339 e. The van der Waals surface area contributed by atoms with Gasteiger partial charge in [-0.15, -0.1) is 0 Å². The summed E-state index contributed by atoms with van der Waals surface area (Å²) in [7, 11) is 1.84. The van der Waals surface area contributed by atoms with E-state index in [1.54, 1.807) is 15.6 Å². The summed E-state index contributed by atoms with van der Waals surface area (Å²) in [6, 6.07) is 0.115. The molecule has 2 aromatic heterocycles. The summed E-state index contributed by atoms with van der Waals surface area (Å²) < 4.78 is 3.41. The van der Waals surface area contributed by atoms with Gasteiger partial charge in [-0.25, -0.2) is 4.79 Å². The molecule has 2 rings (SSSR count). The number of carboxylic acid groups (broad SMARTS) is 1. The number of carboxylic acids is 1. The lowest BCUT2D eigenvalue weighted by Gasteiger charge is -2.03. The van der Waals surface area contributed by atoms with Crippen LogP contribution in [0.5, 0.6) is 0 Å². The van der Waals surface area contributed by atoms with Crippen molar-refractivity contribution < 1.29 is 9.90 Å². The van der Waals surface area contributed by atoms with Gasteiger partial charge in [0.05, 0.1) is 5.69 Å². The summed E-state index contributed by atoms with van der Waals surface area (Å²) in [5.41, 5.74) is 3.21. The Balaban J connectivity index is 2.70. The fourth-order valence-electron chi connectivity index (χ4n) is 2.11. The Bertz CT molecular complexity index is 637. The maximum Gasteiger partial charge on any atom is 0.339 e. The third-order valence-electron chi connectivity index (χ3n) is 3.24. The zero-order valence-corrected chi connectivity index (χ0v) is 11.8. The average molecular weight is 262 g/mol. The summed E-state index contributed by atoms with van der Waals surface area (Å²) in [5, 5.41) is 18.1. The predicted octanol–water partition coefficient (Wildman–Crippen LogP) is 2.18. The van der Waals surface area contributed by atoms with E-state index in [4.69, 9.17) is 0 Å². The molecule has 0 fully saturated rings. The Labute approximate surface area is 111 Å². The van der Waals surface area contributed by atoms with Crippen molar-refractivity contribution in [2.45, 2.75) is 33.7 Å². The number of hydrogen-bond donors (Lipinski definition) is 1. The summed E-state index contributed by atoms with van der Waals surface area (Å²) in [6.07, 6.45) is 1.58. The van der Waals surface area contributed by atoms with E-state index in [0.29, 0.717) is 5.69 Å². The third kappa shape index (κ3) is 2.14. The van der Waals surface area contributed by atoms with Crippen molar-refractivity contribution in [1.82, 2.24) is 19.6 Å². The molecule has 0 bridgehead atoms. The molecule has 0 aliphatic heterocycles. The highest BCUT2D eigenvalue weighted by atomic mass is 16.4. The first-order valence-electron chi connectivity index (χ1n) is 6.16. The van der Waals surface area contributed by atoms with Gasteiger partial charge in [0, 0.05) is 30.5 Å². The van der Waals surface area contributed by atoms with Crippen LogP contribution in [-0.4, -0.2) is 30.6 Å². The van der Waals surface area contributed by atoms with Crippen LogP contribution in [0.2, 0.25) is 0 Å². The molecular weight excluding hydrogens is 244 g/mol. The molecule has 0 spiro atoms.